The van der Waals surface area contributed by atoms with Crippen LogP contribution in [-0.4, -0.2) is 48.2 Å². The lowest BCUT2D eigenvalue weighted by Gasteiger charge is -2.15. The first-order valence-electron chi connectivity index (χ1n) is 9.83. The van der Waals surface area contributed by atoms with Crippen molar-refractivity contribution >= 4 is 11.4 Å². The number of pyridine rings is 2. The third-order valence-corrected chi connectivity index (χ3v) is 4.73. The molecule has 31 heavy (non-hydrogen) atoms. The SMILES string of the molecule is Cc1nn2ccc(OCc3ccccn3)cc2c1C(=O)N[C@@H](CO)Cc1ncccn1. The molecule has 0 bridgehead atoms. The van der Waals surface area contributed by atoms with E-state index in [-0.39, 0.29) is 12.5 Å². The number of hydrogen-bond acceptors (Lipinski definition) is 7. The van der Waals surface area contributed by atoms with Crippen LogP contribution in [-0.2, 0) is 13.0 Å². The van der Waals surface area contributed by atoms with E-state index >= 15 is 0 Å². The minimum absolute atomic E-state index is 0.235. The number of carbonyl (C=O) groups excluding carboxylic acids is 1. The van der Waals surface area contributed by atoms with Gasteiger partial charge in [0.05, 0.1) is 35.1 Å². The van der Waals surface area contributed by atoms with Crippen LogP contribution in [0.15, 0.2) is 61.2 Å². The molecule has 9 heteroatoms. The van der Waals surface area contributed by atoms with Crippen LogP contribution in [0.4, 0.5) is 0 Å². The summed E-state index contributed by atoms with van der Waals surface area (Å²) >= 11 is 0. The zero-order valence-corrected chi connectivity index (χ0v) is 17.0. The van der Waals surface area contributed by atoms with Gasteiger partial charge in [-0.05, 0) is 31.2 Å². The number of aromatic nitrogens is 5. The molecule has 0 aliphatic heterocycles. The Labute approximate surface area is 178 Å². The van der Waals surface area contributed by atoms with Crippen molar-refractivity contribution in [2.45, 2.75) is 26.0 Å². The molecule has 1 amide bonds. The number of ether oxygens (including phenoxy) is 1. The van der Waals surface area contributed by atoms with Gasteiger partial charge in [-0.1, -0.05) is 6.07 Å². The van der Waals surface area contributed by atoms with Crippen LogP contribution in [0, 0.1) is 6.92 Å². The van der Waals surface area contributed by atoms with Gasteiger partial charge < -0.3 is 15.2 Å². The highest BCUT2D eigenvalue weighted by atomic mass is 16.5. The average Bonchev–Trinajstić information content (AvgIpc) is 3.13. The average molecular weight is 418 g/mol. The van der Waals surface area contributed by atoms with E-state index in [0.717, 1.165) is 5.69 Å². The van der Waals surface area contributed by atoms with E-state index in [0.29, 0.717) is 41.4 Å². The molecule has 158 valence electrons. The van der Waals surface area contributed by atoms with Crippen LogP contribution < -0.4 is 10.1 Å². The molecule has 0 saturated heterocycles. The first-order valence-corrected chi connectivity index (χ1v) is 9.83. The van der Waals surface area contributed by atoms with Gasteiger partial charge in [-0.25, -0.2) is 14.5 Å². The van der Waals surface area contributed by atoms with Crippen LogP contribution in [0.2, 0.25) is 0 Å². The highest BCUT2D eigenvalue weighted by Gasteiger charge is 2.21. The molecule has 0 spiro atoms. The van der Waals surface area contributed by atoms with Crippen LogP contribution in [0.1, 0.15) is 27.6 Å². The smallest absolute Gasteiger partial charge is 0.255 e. The zero-order chi connectivity index (χ0) is 21.6. The number of amides is 1. The minimum atomic E-state index is -0.521. The first kappa shape index (κ1) is 20.4. The van der Waals surface area contributed by atoms with Crippen molar-refractivity contribution in [1.82, 2.24) is 29.9 Å². The van der Waals surface area contributed by atoms with Crippen molar-refractivity contribution in [1.29, 1.82) is 0 Å². The molecule has 0 saturated carbocycles. The topological polar surface area (TPSA) is 115 Å². The van der Waals surface area contributed by atoms with Gasteiger partial charge in [0.2, 0.25) is 0 Å². The Bertz CT molecular complexity index is 1160. The molecule has 4 aromatic heterocycles. The summed E-state index contributed by atoms with van der Waals surface area (Å²) in [5, 5.41) is 17.0. The van der Waals surface area contributed by atoms with Gasteiger partial charge in [0.1, 0.15) is 18.2 Å². The summed E-state index contributed by atoms with van der Waals surface area (Å²) in [5.41, 5.74) is 2.42. The largest absolute Gasteiger partial charge is 0.487 e. The van der Waals surface area contributed by atoms with Crippen molar-refractivity contribution in [2.75, 3.05) is 6.61 Å². The summed E-state index contributed by atoms with van der Waals surface area (Å²) in [6.45, 7) is 1.85. The molecular weight excluding hydrogens is 396 g/mol. The van der Waals surface area contributed by atoms with E-state index in [2.05, 4.69) is 25.4 Å². The second kappa shape index (κ2) is 9.31. The Kier molecular flexibility index (Phi) is 6.13. The molecule has 0 aromatic carbocycles. The Hall–Kier alpha value is -3.85. The summed E-state index contributed by atoms with van der Waals surface area (Å²) in [5.74, 6) is 0.816. The van der Waals surface area contributed by atoms with Crippen molar-refractivity contribution in [3.8, 4) is 5.75 Å². The van der Waals surface area contributed by atoms with Crippen molar-refractivity contribution in [3.05, 3.63) is 84.0 Å². The lowest BCUT2D eigenvalue weighted by Crippen LogP contribution is -2.39. The van der Waals surface area contributed by atoms with Gasteiger partial charge in [-0.15, -0.1) is 0 Å². The van der Waals surface area contributed by atoms with E-state index in [1.165, 1.54) is 0 Å². The lowest BCUT2D eigenvalue weighted by molar-refractivity contribution is 0.0917. The van der Waals surface area contributed by atoms with Crippen LogP contribution in [0.25, 0.3) is 5.52 Å². The van der Waals surface area contributed by atoms with E-state index in [1.807, 2.05) is 18.2 Å². The predicted molar refractivity (Wildman–Crippen MR) is 113 cm³/mol. The van der Waals surface area contributed by atoms with Gasteiger partial charge in [0.25, 0.3) is 5.91 Å². The normalized spacial score (nSPS) is 11.9. The van der Waals surface area contributed by atoms with Crippen LogP contribution in [0.5, 0.6) is 5.75 Å². The Morgan fingerprint density at radius 3 is 2.71 bits per heavy atom. The number of aliphatic hydroxyl groups excluding tert-OH is 1. The fourth-order valence-corrected chi connectivity index (χ4v) is 3.23. The standard InChI is InChI=1S/C22H22N6O3/c1-15-21(22(30)26-17(13-29)11-20-24-8-4-9-25-20)19-12-18(6-10-28(19)27-15)31-14-16-5-2-3-7-23-16/h2-10,12,17,29H,11,13-14H2,1H3,(H,26,30)/t17-/m1/s1. The molecule has 1 atom stereocenters. The number of rotatable bonds is 8. The Morgan fingerprint density at radius 2 is 1.97 bits per heavy atom. The number of aliphatic hydroxyl groups is 1. The third-order valence-electron chi connectivity index (χ3n) is 4.73. The zero-order valence-electron chi connectivity index (χ0n) is 17.0. The van der Waals surface area contributed by atoms with E-state index in [4.69, 9.17) is 4.74 Å². The molecule has 0 aliphatic carbocycles. The minimum Gasteiger partial charge on any atom is -0.487 e. The quantitative estimate of drug-likeness (QED) is 0.448. The van der Waals surface area contributed by atoms with Gasteiger partial charge in [-0.2, -0.15) is 5.10 Å². The number of nitrogens with zero attached hydrogens (tertiary/aromatic N) is 5. The molecule has 0 fully saturated rings. The lowest BCUT2D eigenvalue weighted by atomic mass is 10.1. The number of fused-ring (bicyclic) bond motifs is 1. The Balaban J connectivity index is 1.52. The Morgan fingerprint density at radius 1 is 1.16 bits per heavy atom. The van der Waals surface area contributed by atoms with Crippen LogP contribution >= 0.6 is 0 Å². The molecule has 4 heterocycles. The molecule has 0 aliphatic rings. The van der Waals surface area contributed by atoms with Gasteiger partial charge in [-0.3, -0.25) is 9.78 Å². The number of hydrogen-bond donors (Lipinski definition) is 2. The highest BCUT2D eigenvalue weighted by molar-refractivity contribution is 6.02. The first-order chi connectivity index (χ1) is 15.1. The molecular formula is C22H22N6O3. The maximum Gasteiger partial charge on any atom is 0.255 e. The number of carbonyl (C=O) groups is 1. The maximum atomic E-state index is 13.0. The summed E-state index contributed by atoms with van der Waals surface area (Å²) in [7, 11) is 0. The third kappa shape index (κ3) is 4.84. The van der Waals surface area contributed by atoms with E-state index < -0.39 is 6.04 Å². The summed E-state index contributed by atoms with van der Waals surface area (Å²) < 4.78 is 7.46. The molecule has 4 aromatic rings. The fourth-order valence-electron chi connectivity index (χ4n) is 3.23. The van der Waals surface area contributed by atoms with Crippen molar-refractivity contribution in [3.63, 3.8) is 0 Å². The van der Waals surface area contributed by atoms with Gasteiger partial charge in [0, 0.05) is 37.3 Å². The molecule has 4 rings (SSSR count). The van der Waals surface area contributed by atoms with Crippen molar-refractivity contribution in [2.24, 2.45) is 0 Å². The second-order valence-electron chi connectivity index (χ2n) is 6.98. The summed E-state index contributed by atoms with van der Waals surface area (Å²) in [6.07, 6.45) is 7.03. The molecule has 0 radical (unpaired) electrons. The fraction of sp³-hybridized carbons (Fsp3) is 0.227. The highest BCUT2D eigenvalue weighted by Crippen LogP contribution is 2.21. The number of nitrogens with one attached hydrogen (secondary N) is 1. The molecule has 0 unspecified atom stereocenters. The molecule has 2 N–H and O–H groups in total. The monoisotopic (exact) mass is 418 g/mol. The van der Waals surface area contributed by atoms with E-state index in [1.54, 1.807) is 54.4 Å². The maximum absolute atomic E-state index is 13.0. The van der Waals surface area contributed by atoms with Crippen LogP contribution in [0.3, 0.4) is 0 Å². The summed E-state index contributed by atoms with van der Waals surface area (Å²) in [6, 6.07) is 10.4. The van der Waals surface area contributed by atoms with Crippen molar-refractivity contribution < 1.29 is 14.6 Å². The number of aryl methyl sites for hydroxylation is 1. The van der Waals surface area contributed by atoms with Gasteiger partial charge in [0.15, 0.2) is 0 Å². The molecule has 9 nitrogen and oxygen atoms in total. The predicted octanol–water partition coefficient (Wildman–Crippen LogP) is 1.74. The summed E-state index contributed by atoms with van der Waals surface area (Å²) in [4.78, 5) is 25.6. The van der Waals surface area contributed by atoms with E-state index in [9.17, 15) is 9.90 Å². The second-order valence-corrected chi connectivity index (χ2v) is 6.98. The van der Waals surface area contributed by atoms with Gasteiger partial charge >= 0.3 is 0 Å².